The van der Waals surface area contributed by atoms with E-state index in [1.54, 1.807) is 12.1 Å². The van der Waals surface area contributed by atoms with Crippen molar-refractivity contribution in [2.45, 2.75) is 0 Å². The topological polar surface area (TPSA) is 109 Å². The molecule has 0 spiro atoms. The Kier molecular flexibility index (Phi) is 3.17. The van der Waals surface area contributed by atoms with Gasteiger partial charge in [0.2, 0.25) is 0 Å². The number of nitrogens with one attached hydrogen (secondary N) is 1. The second kappa shape index (κ2) is 5.38. The molecule has 0 unspecified atom stereocenters. The number of carbonyl (C=O) groups is 3. The van der Waals surface area contributed by atoms with E-state index in [0.29, 0.717) is 16.0 Å². The minimum atomic E-state index is -0.975. The average molecular weight is 335 g/mol. The van der Waals surface area contributed by atoms with Crippen molar-refractivity contribution in [1.29, 1.82) is 0 Å². The molecular weight excluding hydrogens is 326 g/mol. The van der Waals surface area contributed by atoms with E-state index in [9.17, 15) is 19.2 Å². The van der Waals surface area contributed by atoms with Crippen molar-refractivity contribution >= 4 is 28.7 Å². The molecule has 1 aliphatic heterocycles. The number of aromatic nitrogens is 2. The summed E-state index contributed by atoms with van der Waals surface area (Å²) >= 11 is 0. The molecule has 122 valence electrons. The van der Waals surface area contributed by atoms with Gasteiger partial charge in [0.05, 0.1) is 22.0 Å². The smallest absolute Gasteiger partial charge is 0.328 e. The highest BCUT2D eigenvalue weighted by molar-refractivity contribution is 6.21. The molecule has 0 saturated carbocycles. The highest BCUT2D eigenvalue weighted by Crippen LogP contribution is 2.23. The maximum atomic E-state index is 12.3. The number of imide groups is 1. The number of nitrogens with zero attached hydrogens (tertiary/aromatic N) is 2. The van der Waals surface area contributed by atoms with Crippen molar-refractivity contribution in [3.05, 3.63) is 75.8 Å². The lowest BCUT2D eigenvalue weighted by Crippen LogP contribution is -2.33. The fourth-order valence-corrected chi connectivity index (χ4v) is 2.56. The molecule has 0 bridgehead atoms. The second-order valence-electron chi connectivity index (χ2n) is 5.27. The lowest BCUT2D eigenvalue weighted by atomic mass is 10.1. The molecule has 2 aromatic heterocycles. The zero-order valence-electron chi connectivity index (χ0n) is 12.6. The number of hydroxylamine groups is 2. The van der Waals surface area contributed by atoms with Gasteiger partial charge in [0, 0.05) is 6.20 Å². The number of fused-ring (bicyclic) bond motifs is 2. The average Bonchev–Trinajstić information content (AvgIpc) is 2.87. The van der Waals surface area contributed by atoms with Crippen molar-refractivity contribution in [2.24, 2.45) is 0 Å². The third-order valence-electron chi connectivity index (χ3n) is 3.77. The number of rotatable bonds is 2. The Morgan fingerprint density at radius 3 is 2.32 bits per heavy atom. The van der Waals surface area contributed by atoms with Crippen LogP contribution in [0.1, 0.15) is 31.2 Å². The van der Waals surface area contributed by atoms with Gasteiger partial charge >= 0.3 is 5.97 Å². The summed E-state index contributed by atoms with van der Waals surface area (Å²) in [7, 11) is 0. The van der Waals surface area contributed by atoms with Crippen LogP contribution in [0.4, 0.5) is 0 Å². The molecule has 0 fully saturated rings. The predicted molar refractivity (Wildman–Crippen MR) is 84.7 cm³/mol. The van der Waals surface area contributed by atoms with Gasteiger partial charge in [-0.25, -0.2) is 9.78 Å². The third-order valence-corrected chi connectivity index (χ3v) is 3.77. The van der Waals surface area contributed by atoms with Gasteiger partial charge in [0.1, 0.15) is 0 Å². The van der Waals surface area contributed by atoms with E-state index >= 15 is 0 Å². The van der Waals surface area contributed by atoms with Gasteiger partial charge in [-0.1, -0.05) is 17.2 Å². The van der Waals surface area contributed by atoms with Crippen LogP contribution in [-0.4, -0.2) is 32.8 Å². The fraction of sp³-hybridized carbons (Fsp3) is 0. The van der Waals surface area contributed by atoms with Gasteiger partial charge in [0.25, 0.3) is 17.4 Å². The maximum absolute atomic E-state index is 12.3. The molecule has 3 heterocycles. The number of amides is 2. The highest BCUT2D eigenvalue weighted by Gasteiger charge is 2.38. The summed E-state index contributed by atoms with van der Waals surface area (Å²) in [4.78, 5) is 59.7. The van der Waals surface area contributed by atoms with Crippen molar-refractivity contribution in [3.8, 4) is 0 Å². The van der Waals surface area contributed by atoms with Crippen LogP contribution in [0.25, 0.3) is 10.9 Å². The highest BCUT2D eigenvalue weighted by atomic mass is 16.7. The van der Waals surface area contributed by atoms with Crippen LogP contribution in [0, 0.1) is 0 Å². The van der Waals surface area contributed by atoms with Crippen LogP contribution in [0.2, 0.25) is 0 Å². The summed E-state index contributed by atoms with van der Waals surface area (Å²) in [6, 6.07) is 10.4. The first-order chi connectivity index (χ1) is 12.1. The summed E-state index contributed by atoms with van der Waals surface area (Å²) < 4.78 is 0. The van der Waals surface area contributed by atoms with Crippen molar-refractivity contribution in [1.82, 2.24) is 15.0 Å². The number of hydrogen-bond donors (Lipinski definition) is 1. The van der Waals surface area contributed by atoms with E-state index < -0.39 is 17.8 Å². The Morgan fingerprint density at radius 2 is 1.64 bits per heavy atom. The minimum Gasteiger partial charge on any atom is -0.328 e. The van der Waals surface area contributed by atoms with Crippen molar-refractivity contribution in [3.63, 3.8) is 0 Å². The number of aromatic amines is 1. The van der Waals surface area contributed by atoms with Gasteiger partial charge in [-0.05, 0) is 30.3 Å². The monoisotopic (exact) mass is 335 g/mol. The number of carbonyl (C=O) groups excluding carboxylic acids is 3. The Hall–Kier alpha value is -3.81. The van der Waals surface area contributed by atoms with E-state index in [4.69, 9.17) is 4.84 Å². The Bertz CT molecular complexity index is 1080. The third kappa shape index (κ3) is 2.27. The first-order valence-electron chi connectivity index (χ1n) is 7.25. The number of H-pyrrole nitrogens is 1. The van der Waals surface area contributed by atoms with E-state index in [1.807, 2.05) is 0 Å². The second-order valence-corrected chi connectivity index (χ2v) is 5.27. The van der Waals surface area contributed by atoms with Gasteiger partial charge in [-0.15, -0.1) is 0 Å². The molecule has 0 atom stereocenters. The van der Waals surface area contributed by atoms with Crippen LogP contribution in [0.3, 0.4) is 0 Å². The Labute approximate surface area is 139 Å². The molecule has 0 radical (unpaired) electrons. The summed E-state index contributed by atoms with van der Waals surface area (Å²) in [5, 5.41) is 0.719. The normalized spacial score (nSPS) is 13.2. The zero-order chi connectivity index (χ0) is 17.6. The fourth-order valence-electron chi connectivity index (χ4n) is 2.56. The van der Waals surface area contributed by atoms with Crippen LogP contribution >= 0.6 is 0 Å². The van der Waals surface area contributed by atoms with Gasteiger partial charge in [-0.2, -0.15) is 0 Å². The molecular formula is C17H9N3O5. The first kappa shape index (κ1) is 14.8. The molecule has 3 aromatic rings. The largest absolute Gasteiger partial charge is 0.382 e. The number of hydrogen-bond acceptors (Lipinski definition) is 6. The molecule has 8 nitrogen and oxygen atoms in total. The van der Waals surface area contributed by atoms with E-state index in [2.05, 4.69) is 9.97 Å². The van der Waals surface area contributed by atoms with Crippen LogP contribution in [0.5, 0.6) is 0 Å². The van der Waals surface area contributed by atoms with E-state index in [1.165, 1.54) is 36.5 Å². The summed E-state index contributed by atoms with van der Waals surface area (Å²) in [5.74, 6) is -2.41. The van der Waals surface area contributed by atoms with Crippen LogP contribution < -0.4 is 5.56 Å². The van der Waals surface area contributed by atoms with Crippen molar-refractivity contribution in [2.75, 3.05) is 0 Å². The molecule has 0 saturated heterocycles. The molecule has 8 heteroatoms. The minimum absolute atomic E-state index is 0.130. The molecule has 4 rings (SSSR count). The van der Waals surface area contributed by atoms with E-state index in [-0.39, 0.29) is 22.4 Å². The lowest BCUT2D eigenvalue weighted by molar-refractivity contribution is -0.0588. The standard InChI is InChI=1S/C17H9N3O5/c21-14-11-5-6-13(19-12(11)7-8-18-14)17(24)25-20-15(22)9-3-1-2-4-10(9)16(20)23/h1-8H,(H,18,21). The zero-order valence-corrected chi connectivity index (χ0v) is 12.6. The molecule has 1 N–H and O–H groups in total. The molecule has 0 aliphatic carbocycles. The molecule has 1 aromatic carbocycles. The molecule has 2 amide bonds. The van der Waals surface area contributed by atoms with Gasteiger partial charge < -0.3 is 9.82 Å². The van der Waals surface area contributed by atoms with Crippen molar-refractivity contribution < 1.29 is 19.2 Å². The lowest BCUT2D eigenvalue weighted by Gasteiger charge is -2.12. The van der Waals surface area contributed by atoms with E-state index in [0.717, 1.165) is 0 Å². The Morgan fingerprint density at radius 1 is 0.960 bits per heavy atom. The quantitative estimate of drug-likeness (QED) is 0.707. The van der Waals surface area contributed by atoms with Gasteiger partial charge in [0.15, 0.2) is 5.69 Å². The summed E-state index contributed by atoms with van der Waals surface area (Å²) in [6.45, 7) is 0. The predicted octanol–water partition coefficient (Wildman–Crippen LogP) is 1.29. The molecule has 25 heavy (non-hydrogen) atoms. The number of benzene rings is 1. The Balaban J connectivity index is 1.64. The number of pyridine rings is 2. The first-order valence-corrected chi connectivity index (χ1v) is 7.25. The SMILES string of the molecule is O=C(ON1C(=O)c2ccccc2C1=O)c1ccc2c(=O)[nH]ccc2n1. The maximum Gasteiger partial charge on any atom is 0.382 e. The van der Waals surface area contributed by atoms with Gasteiger partial charge in [-0.3, -0.25) is 14.4 Å². The molecule has 1 aliphatic rings. The van der Waals surface area contributed by atoms with Crippen LogP contribution in [-0.2, 0) is 4.84 Å². The summed E-state index contributed by atoms with van der Waals surface area (Å²) in [5.41, 5.74) is 0.150. The summed E-state index contributed by atoms with van der Waals surface area (Å²) in [6.07, 6.45) is 1.40. The van der Waals surface area contributed by atoms with Crippen LogP contribution in [0.15, 0.2) is 53.5 Å².